The summed E-state index contributed by atoms with van der Waals surface area (Å²) in [5.41, 5.74) is 4.06. The summed E-state index contributed by atoms with van der Waals surface area (Å²) in [7, 11) is 4.75. The lowest BCUT2D eigenvalue weighted by atomic mass is 9.84. The largest absolute Gasteiger partial charge is 0.504 e. The van der Waals surface area contributed by atoms with Crippen molar-refractivity contribution in [3.63, 3.8) is 0 Å². The van der Waals surface area contributed by atoms with E-state index in [1.54, 1.807) is 26.4 Å². The van der Waals surface area contributed by atoms with Crippen molar-refractivity contribution in [3.05, 3.63) is 70.8 Å². The Morgan fingerprint density at radius 2 is 1.68 bits per heavy atom. The molecule has 3 aliphatic rings. The Kier molecular flexibility index (Phi) is 6.18. The zero-order chi connectivity index (χ0) is 26.4. The van der Waals surface area contributed by atoms with Crippen LogP contribution >= 0.6 is 0 Å². The van der Waals surface area contributed by atoms with E-state index in [9.17, 15) is 9.90 Å². The van der Waals surface area contributed by atoms with Gasteiger partial charge in [-0.25, -0.2) is 0 Å². The van der Waals surface area contributed by atoms with Crippen LogP contribution in [0.1, 0.15) is 34.3 Å². The van der Waals surface area contributed by atoms with Gasteiger partial charge in [-0.1, -0.05) is 18.2 Å². The van der Waals surface area contributed by atoms with Crippen molar-refractivity contribution >= 4 is 5.97 Å². The Balaban J connectivity index is 1.23. The highest BCUT2D eigenvalue weighted by Gasteiger charge is 2.45. The van der Waals surface area contributed by atoms with Crippen LogP contribution in [0.15, 0.2) is 48.5 Å². The van der Waals surface area contributed by atoms with Gasteiger partial charge >= 0.3 is 5.97 Å². The van der Waals surface area contributed by atoms with E-state index in [1.165, 1.54) is 7.11 Å². The van der Waals surface area contributed by atoms with E-state index in [1.807, 2.05) is 36.4 Å². The number of esters is 1. The highest BCUT2D eigenvalue weighted by atomic mass is 16.5. The SMILES string of the molecule is COc1cc(C[C@@H]2C(=O)OC[C@H]2Cc2ccc3c4c2OC[C@@H]4[C@@H](c2ccc(OC)c(OC)c2)O3)ccc1O. The number of ether oxygens (including phenoxy) is 6. The minimum absolute atomic E-state index is 0.00298. The molecule has 0 amide bonds. The maximum Gasteiger partial charge on any atom is 0.309 e. The summed E-state index contributed by atoms with van der Waals surface area (Å²) >= 11 is 0. The Morgan fingerprint density at radius 1 is 0.868 bits per heavy atom. The van der Waals surface area contributed by atoms with E-state index < -0.39 is 0 Å². The molecule has 0 aliphatic carbocycles. The number of carbonyl (C=O) groups excluding carboxylic acids is 1. The molecule has 3 aromatic carbocycles. The van der Waals surface area contributed by atoms with Gasteiger partial charge in [0.1, 0.15) is 17.6 Å². The molecule has 38 heavy (non-hydrogen) atoms. The van der Waals surface area contributed by atoms with Gasteiger partial charge in [-0.15, -0.1) is 0 Å². The summed E-state index contributed by atoms with van der Waals surface area (Å²) in [5.74, 6) is 3.07. The molecule has 0 spiro atoms. The lowest BCUT2D eigenvalue weighted by Gasteiger charge is -2.19. The standard InChI is InChI=1S/C30H30O8/c1-33-23-8-5-18(13-26(23)35-3)28-21-15-36-29-17(6-9-24(38-28)27(21)29)12-19-14-37-30(32)20(19)10-16-4-7-22(31)25(11-16)34-2/h4-9,11,13,19-21,28,31H,10,12,14-15H2,1-3H3/t19-,20+,21+,28-/m1/s1. The number of hydrogen-bond acceptors (Lipinski definition) is 8. The molecule has 3 aliphatic heterocycles. The van der Waals surface area contributed by atoms with Gasteiger partial charge in [0, 0.05) is 11.5 Å². The molecule has 3 aromatic rings. The number of carbonyl (C=O) groups is 1. The number of methoxy groups -OCH3 is 3. The number of cyclic esters (lactones) is 1. The molecule has 1 saturated heterocycles. The molecule has 6 rings (SSSR count). The third-order valence-electron chi connectivity index (χ3n) is 7.86. The molecule has 8 heteroatoms. The third kappa shape index (κ3) is 4.04. The third-order valence-corrected chi connectivity index (χ3v) is 7.86. The molecule has 0 saturated carbocycles. The minimum Gasteiger partial charge on any atom is -0.504 e. The first-order chi connectivity index (χ1) is 18.5. The van der Waals surface area contributed by atoms with Crippen LogP contribution in [0.4, 0.5) is 0 Å². The number of benzene rings is 3. The fraction of sp³-hybridized carbons (Fsp3) is 0.367. The van der Waals surface area contributed by atoms with E-state index in [4.69, 9.17) is 28.4 Å². The van der Waals surface area contributed by atoms with Crippen molar-refractivity contribution in [3.8, 4) is 34.5 Å². The maximum absolute atomic E-state index is 12.7. The van der Waals surface area contributed by atoms with Gasteiger partial charge in [0.25, 0.3) is 0 Å². The van der Waals surface area contributed by atoms with Crippen molar-refractivity contribution in [2.24, 2.45) is 11.8 Å². The average Bonchev–Trinajstić information content (AvgIpc) is 3.64. The molecule has 0 aromatic heterocycles. The maximum atomic E-state index is 12.7. The molecule has 0 radical (unpaired) electrons. The summed E-state index contributed by atoms with van der Waals surface area (Å²) < 4.78 is 34.3. The van der Waals surface area contributed by atoms with E-state index in [-0.39, 0.29) is 35.6 Å². The molecule has 1 fully saturated rings. The summed E-state index contributed by atoms with van der Waals surface area (Å²) in [4.78, 5) is 12.7. The molecule has 3 heterocycles. The monoisotopic (exact) mass is 518 g/mol. The zero-order valence-corrected chi connectivity index (χ0v) is 21.6. The van der Waals surface area contributed by atoms with Gasteiger partial charge in [-0.2, -0.15) is 0 Å². The Morgan fingerprint density at radius 3 is 2.47 bits per heavy atom. The highest BCUT2D eigenvalue weighted by molar-refractivity contribution is 5.75. The van der Waals surface area contributed by atoms with Gasteiger partial charge in [0.15, 0.2) is 23.0 Å². The quantitative estimate of drug-likeness (QED) is 0.433. The molecular weight excluding hydrogens is 488 g/mol. The zero-order valence-electron chi connectivity index (χ0n) is 21.6. The van der Waals surface area contributed by atoms with Crippen molar-refractivity contribution in [1.29, 1.82) is 0 Å². The van der Waals surface area contributed by atoms with Gasteiger partial charge < -0.3 is 33.5 Å². The van der Waals surface area contributed by atoms with E-state index in [0.29, 0.717) is 43.3 Å². The Bertz CT molecular complexity index is 1380. The number of phenolic OH excluding ortho intramolecular Hbond substituents is 1. The van der Waals surface area contributed by atoms with Crippen molar-refractivity contribution in [2.45, 2.75) is 24.9 Å². The second-order valence-corrected chi connectivity index (χ2v) is 9.95. The molecule has 0 bridgehead atoms. The van der Waals surface area contributed by atoms with Gasteiger partial charge in [0.2, 0.25) is 0 Å². The second-order valence-electron chi connectivity index (χ2n) is 9.95. The van der Waals surface area contributed by atoms with Crippen LogP contribution in [0.2, 0.25) is 0 Å². The summed E-state index contributed by atoms with van der Waals surface area (Å²) in [6.07, 6.45) is 0.978. The molecule has 0 unspecified atom stereocenters. The molecule has 198 valence electrons. The summed E-state index contributed by atoms with van der Waals surface area (Å²) in [5, 5.41) is 9.92. The van der Waals surface area contributed by atoms with Crippen molar-refractivity contribution in [2.75, 3.05) is 34.5 Å². The fourth-order valence-electron chi connectivity index (χ4n) is 5.90. The smallest absolute Gasteiger partial charge is 0.309 e. The molecular formula is C30H30O8. The first kappa shape index (κ1) is 24.3. The van der Waals surface area contributed by atoms with Crippen LogP contribution < -0.4 is 23.7 Å². The van der Waals surface area contributed by atoms with Crippen LogP contribution in [0.25, 0.3) is 0 Å². The normalized spacial score (nSPS) is 22.9. The summed E-state index contributed by atoms with van der Waals surface area (Å²) in [6.45, 7) is 0.888. The van der Waals surface area contributed by atoms with Gasteiger partial charge in [-0.05, 0) is 59.9 Å². The van der Waals surface area contributed by atoms with Crippen LogP contribution in [-0.4, -0.2) is 45.6 Å². The molecule has 1 N–H and O–H groups in total. The van der Waals surface area contributed by atoms with E-state index >= 15 is 0 Å². The first-order valence-electron chi connectivity index (χ1n) is 12.7. The van der Waals surface area contributed by atoms with Gasteiger partial charge in [0.05, 0.1) is 46.4 Å². The predicted octanol–water partition coefficient (Wildman–Crippen LogP) is 4.60. The van der Waals surface area contributed by atoms with Crippen LogP contribution in [0.5, 0.6) is 34.5 Å². The lowest BCUT2D eigenvalue weighted by molar-refractivity contribution is -0.141. The van der Waals surface area contributed by atoms with Gasteiger partial charge in [-0.3, -0.25) is 4.79 Å². The number of phenols is 1. The minimum atomic E-state index is -0.294. The fourth-order valence-corrected chi connectivity index (χ4v) is 5.90. The van der Waals surface area contributed by atoms with Crippen molar-refractivity contribution < 1.29 is 38.3 Å². The molecule has 8 nitrogen and oxygen atoms in total. The number of hydrogen-bond donors (Lipinski definition) is 1. The average molecular weight is 519 g/mol. The van der Waals surface area contributed by atoms with Crippen LogP contribution in [-0.2, 0) is 22.4 Å². The highest BCUT2D eigenvalue weighted by Crippen LogP contribution is 2.55. The lowest BCUT2D eigenvalue weighted by Crippen LogP contribution is -2.21. The number of aromatic hydroxyl groups is 1. The van der Waals surface area contributed by atoms with Crippen LogP contribution in [0.3, 0.4) is 0 Å². The topological polar surface area (TPSA) is 92.7 Å². The Labute approximate surface area is 221 Å². The van der Waals surface area contributed by atoms with Crippen molar-refractivity contribution in [1.82, 2.24) is 0 Å². The Hall–Kier alpha value is -4.07. The van der Waals surface area contributed by atoms with Crippen LogP contribution in [0, 0.1) is 11.8 Å². The number of rotatable bonds is 8. The molecule has 4 atom stereocenters. The predicted molar refractivity (Wildman–Crippen MR) is 138 cm³/mol. The first-order valence-corrected chi connectivity index (χ1v) is 12.7. The second kappa shape index (κ2) is 9.67. The summed E-state index contributed by atoms with van der Waals surface area (Å²) in [6, 6.07) is 15.1. The van der Waals surface area contributed by atoms with E-state index in [2.05, 4.69) is 0 Å². The van der Waals surface area contributed by atoms with E-state index in [0.717, 1.165) is 33.8 Å².